The first-order chi connectivity index (χ1) is 27.8. The van der Waals surface area contributed by atoms with E-state index < -0.39 is 0 Å². The summed E-state index contributed by atoms with van der Waals surface area (Å²) in [6.45, 7) is 0. The van der Waals surface area contributed by atoms with Crippen LogP contribution >= 0.6 is 0 Å². The van der Waals surface area contributed by atoms with Crippen LogP contribution in [0.1, 0.15) is 0 Å². The summed E-state index contributed by atoms with van der Waals surface area (Å²) in [7, 11) is 0. The molecule has 0 saturated carbocycles. The van der Waals surface area contributed by atoms with Gasteiger partial charge < -0.3 is 4.90 Å². The molecule has 5 nitrogen and oxygen atoms in total. The third-order valence-electron chi connectivity index (χ3n) is 10.3. The Labute approximate surface area is 325 Å². The highest BCUT2D eigenvalue weighted by molar-refractivity contribution is 6.09. The molecule has 10 rings (SSSR count). The molecule has 0 spiro atoms. The SMILES string of the molecule is c1ccc(-c2ccccc2-c2nc(-c3ccc(-c4ccc(N(c5ccccc5)c5ccccc5)cc4)cc3)nc(-n3c4ccccc4c4ccccc43)n2)cc1. The van der Waals surface area contributed by atoms with Gasteiger partial charge in [0.05, 0.1) is 11.0 Å². The lowest BCUT2D eigenvalue weighted by molar-refractivity contribution is 0.953. The molecule has 0 N–H and O–H groups in total. The second-order valence-corrected chi connectivity index (χ2v) is 13.7. The van der Waals surface area contributed by atoms with E-state index in [9.17, 15) is 0 Å². The van der Waals surface area contributed by atoms with Crippen LogP contribution in [0.3, 0.4) is 0 Å². The molecule has 8 aromatic carbocycles. The van der Waals surface area contributed by atoms with Crippen LogP contribution < -0.4 is 4.90 Å². The Bertz CT molecular complexity index is 2850. The van der Waals surface area contributed by atoms with E-state index in [1.807, 2.05) is 24.3 Å². The van der Waals surface area contributed by atoms with Crippen LogP contribution in [-0.4, -0.2) is 19.5 Å². The topological polar surface area (TPSA) is 46.8 Å². The van der Waals surface area contributed by atoms with Gasteiger partial charge in [0.2, 0.25) is 5.95 Å². The van der Waals surface area contributed by atoms with Gasteiger partial charge in [0.15, 0.2) is 11.6 Å². The summed E-state index contributed by atoms with van der Waals surface area (Å²) in [6.07, 6.45) is 0. The van der Waals surface area contributed by atoms with E-state index in [1.165, 1.54) is 0 Å². The first-order valence-corrected chi connectivity index (χ1v) is 18.8. The highest BCUT2D eigenvalue weighted by atomic mass is 15.2. The van der Waals surface area contributed by atoms with E-state index in [1.54, 1.807) is 0 Å². The van der Waals surface area contributed by atoms with Gasteiger partial charge in [-0.25, -0.2) is 4.98 Å². The molecule has 56 heavy (non-hydrogen) atoms. The number of para-hydroxylation sites is 4. The summed E-state index contributed by atoms with van der Waals surface area (Å²) < 4.78 is 2.16. The molecule has 0 bridgehead atoms. The van der Waals surface area contributed by atoms with Crippen molar-refractivity contribution in [1.29, 1.82) is 0 Å². The summed E-state index contributed by atoms with van der Waals surface area (Å²) in [5.41, 5.74) is 11.7. The smallest absolute Gasteiger partial charge is 0.238 e. The van der Waals surface area contributed by atoms with Crippen LogP contribution in [0.15, 0.2) is 212 Å². The Hall–Kier alpha value is -7.63. The van der Waals surface area contributed by atoms with Gasteiger partial charge in [-0.05, 0) is 70.8 Å². The molecule has 0 amide bonds. The average molecular weight is 718 g/mol. The van der Waals surface area contributed by atoms with E-state index in [0.29, 0.717) is 17.6 Å². The molecule has 0 atom stereocenters. The van der Waals surface area contributed by atoms with E-state index in [0.717, 1.165) is 72.2 Å². The second kappa shape index (κ2) is 14.3. The Morgan fingerprint density at radius 3 is 1.32 bits per heavy atom. The number of fused-ring (bicyclic) bond motifs is 3. The van der Waals surface area contributed by atoms with Crippen molar-refractivity contribution in [3.05, 3.63) is 212 Å². The largest absolute Gasteiger partial charge is 0.311 e. The predicted octanol–water partition coefficient (Wildman–Crippen LogP) is 13.1. The van der Waals surface area contributed by atoms with Gasteiger partial charge in [-0.1, -0.05) is 164 Å². The zero-order valence-corrected chi connectivity index (χ0v) is 30.4. The van der Waals surface area contributed by atoms with Crippen LogP contribution in [0.25, 0.3) is 72.8 Å². The summed E-state index contributed by atoms with van der Waals surface area (Å²) >= 11 is 0. The fourth-order valence-electron chi connectivity index (χ4n) is 7.62. The number of benzene rings is 8. The van der Waals surface area contributed by atoms with Crippen molar-refractivity contribution >= 4 is 38.9 Å². The Morgan fingerprint density at radius 2 is 0.732 bits per heavy atom. The summed E-state index contributed by atoms with van der Waals surface area (Å²) in [6, 6.07) is 73.8. The van der Waals surface area contributed by atoms with E-state index in [2.05, 4.69) is 198 Å². The summed E-state index contributed by atoms with van der Waals surface area (Å²) in [5.74, 6) is 1.80. The first kappa shape index (κ1) is 33.0. The number of anilines is 3. The highest BCUT2D eigenvalue weighted by Crippen LogP contribution is 2.37. The average Bonchev–Trinajstić information content (AvgIpc) is 3.62. The third-order valence-corrected chi connectivity index (χ3v) is 10.3. The lowest BCUT2D eigenvalue weighted by Crippen LogP contribution is -2.09. The lowest BCUT2D eigenvalue weighted by atomic mass is 9.99. The lowest BCUT2D eigenvalue weighted by Gasteiger charge is -2.25. The summed E-state index contributed by atoms with van der Waals surface area (Å²) in [4.78, 5) is 17.9. The second-order valence-electron chi connectivity index (χ2n) is 13.7. The quantitative estimate of drug-likeness (QED) is 0.157. The highest BCUT2D eigenvalue weighted by Gasteiger charge is 2.19. The van der Waals surface area contributed by atoms with Crippen LogP contribution in [0, 0.1) is 0 Å². The molecule has 10 aromatic rings. The molecule has 264 valence electrons. The molecule has 2 heterocycles. The van der Waals surface area contributed by atoms with Crippen molar-refractivity contribution in [3.8, 4) is 51.0 Å². The minimum atomic E-state index is 0.575. The van der Waals surface area contributed by atoms with Gasteiger partial charge >= 0.3 is 0 Å². The fourth-order valence-corrected chi connectivity index (χ4v) is 7.62. The predicted molar refractivity (Wildman–Crippen MR) is 231 cm³/mol. The third kappa shape index (κ3) is 6.07. The van der Waals surface area contributed by atoms with Crippen molar-refractivity contribution in [1.82, 2.24) is 19.5 Å². The number of aromatic nitrogens is 4. The van der Waals surface area contributed by atoms with Gasteiger partial charge in [0.1, 0.15) is 0 Å². The maximum atomic E-state index is 5.23. The zero-order valence-electron chi connectivity index (χ0n) is 30.4. The monoisotopic (exact) mass is 717 g/mol. The number of hydrogen-bond acceptors (Lipinski definition) is 4. The number of hydrogen-bond donors (Lipinski definition) is 0. The first-order valence-electron chi connectivity index (χ1n) is 18.8. The molecule has 0 radical (unpaired) electrons. The molecule has 5 heteroatoms. The molecular formula is C51H35N5. The van der Waals surface area contributed by atoms with Crippen molar-refractivity contribution in [3.63, 3.8) is 0 Å². The van der Waals surface area contributed by atoms with Crippen LogP contribution in [0.5, 0.6) is 0 Å². The summed E-state index contributed by atoms with van der Waals surface area (Å²) in [5, 5.41) is 2.31. The minimum absolute atomic E-state index is 0.575. The fraction of sp³-hybridized carbons (Fsp3) is 0. The Morgan fingerprint density at radius 1 is 0.304 bits per heavy atom. The van der Waals surface area contributed by atoms with Crippen molar-refractivity contribution in [2.45, 2.75) is 0 Å². The van der Waals surface area contributed by atoms with E-state index >= 15 is 0 Å². The standard InChI is InChI=1S/C51H35N5/c1-4-16-38(17-5-1)43-22-10-11-25-46(43)50-52-49(53-51(54-50)56-47-26-14-12-23-44(47)45-24-13-15-27-48(45)56)39-30-28-36(29-31-39)37-32-34-42(35-33-37)55(40-18-6-2-7-19-40)41-20-8-3-9-21-41/h1-35H. The molecule has 0 aliphatic rings. The zero-order chi connectivity index (χ0) is 37.3. The van der Waals surface area contributed by atoms with Gasteiger partial charge in [-0.3, -0.25) is 4.57 Å². The maximum Gasteiger partial charge on any atom is 0.238 e. The van der Waals surface area contributed by atoms with Crippen LogP contribution in [0.4, 0.5) is 17.1 Å². The molecular weight excluding hydrogens is 683 g/mol. The number of nitrogens with zero attached hydrogens (tertiary/aromatic N) is 5. The molecule has 0 fully saturated rings. The van der Waals surface area contributed by atoms with Gasteiger partial charge in [0, 0.05) is 39.0 Å². The van der Waals surface area contributed by atoms with Gasteiger partial charge in [-0.15, -0.1) is 0 Å². The van der Waals surface area contributed by atoms with E-state index in [4.69, 9.17) is 15.0 Å². The normalized spacial score (nSPS) is 11.2. The molecule has 0 aliphatic carbocycles. The molecule has 0 unspecified atom stereocenters. The Kier molecular flexibility index (Phi) is 8.43. The van der Waals surface area contributed by atoms with E-state index in [-0.39, 0.29) is 0 Å². The van der Waals surface area contributed by atoms with Crippen molar-refractivity contribution < 1.29 is 0 Å². The van der Waals surface area contributed by atoms with Crippen molar-refractivity contribution in [2.75, 3.05) is 4.90 Å². The molecule has 0 aliphatic heterocycles. The van der Waals surface area contributed by atoms with Crippen LogP contribution in [-0.2, 0) is 0 Å². The van der Waals surface area contributed by atoms with Crippen molar-refractivity contribution in [2.24, 2.45) is 0 Å². The number of rotatable bonds is 8. The van der Waals surface area contributed by atoms with Gasteiger partial charge in [-0.2, -0.15) is 9.97 Å². The minimum Gasteiger partial charge on any atom is -0.311 e. The molecule has 2 aromatic heterocycles. The Balaban J connectivity index is 1.07. The van der Waals surface area contributed by atoms with Crippen LogP contribution in [0.2, 0.25) is 0 Å². The molecule has 0 saturated heterocycles. The maximum absolute atomic E-state index is 5.23. The van der Waals surface area contributed by atoms with Gasteiger partial charge in [0.25, 0.3) is 0 Å².